The van der Waals surface area contributed by atoms with Crippen LogP contribution in [0.25, 0.3) is 0 Å². The van der Waals surface area contributed by atoms with E-state index in [1.165, 1.54) is 0 Å². The van der Waals surface area contributed by atoms with E-state index in [2.05, 4.69) is 0 Å². The van der Waals surface area contributed by atoms with Crippen LogP contribution in [0.2, 0.25) is 0 Å². The van der Waals surface area contributed by atoms with Crippen LogP contribution >= 0.6 is 0 Å². The highest BCUT2D eigenvalue weighted by Gasteiger charge is 2.48. The number of aliphatic hydroxyl groups is 2. The zero-order valence-corrected chi connectivity index (χ0v) is 14.0. The van der Waals surface area contributed by atoms with Crippen molar-refractivity contribution in [1.82, 2.24) is 0 Å². The van der Waals surface area contributed by atoms with Gasteiger partial charge in [0.15, 0.2) is 0 Å². The summed E-state index contributed by atoms with van der Waals surface area (Å²) in [5.74, 6) is 0. The van der Waals surface area contributed by atoms with Crippen molar-refractivity contribution in [2.24, 2.45) is 0 Å². The molecule has 0 saturated carbocycles. The Morgan fingerprint density at radius 3 is 2.08 bits per heavy atom. The van der Waals surface area contributed by atoms with Crippen LogP contribution in [0.4, 0.5) is 0 Å². The monoisotopic (exact) mass is 344 g/mol. The first-order chi connectivity index (χ1) is 12.3. The number of benzene rings is 2. The second kappa shape index (κ2) is 9.08. The van der Waals surface area contributed by atoms with Gasteiger partial charge in [0.25, 0.3) is 0 Å². The Kier molecular flexibility index (Phi) is 6.55. The molecule has 0 bridgehead atoms. The van der Waals surface area contributed by atoms with Crippen LogP contribution in [0.3, 0.4) is 0 Å². The molecule has 4 atom stereocenters. The Labute approximate surface area is 147 Å². The molecule has 0 aromatic heterocycles. The van der Waals surface area contributed by atoms with Gasteiger partial charge >= 0.3 is 0 Å². The number of hydrogen-bond acceptors (Lipinski definition) is 5. The topological polar surface area (TPSA) is 71.5 Å². The zero-order valence-electron chi connectivity index (χ0n) is 14.0. The molecule has 134 valence electrons. The molecule has 0 unspecified atom stereocenters. The summed E-state index contributed by atoms with van der Waals surface area (Å²) in [7, 11) is 0. The molecular weight excluding hydrogens is 320 g/mol. The Balaban J connectivity index is 1.51. The fourth-order valence-electron chi connectivity index (χ4n) is 2.75. The Hall–Kier alpha value is -1.76. The number of epoxide rings is 1. The quantitative estimate of drug-likeness (QED) is 0.644. The van der Waals surface area contributed by atoms with E-state index >= 15 is 0 Å². The van der Waals surface area contributed by atoms with Crippen molar-refractivity contribution in [3.05, 3.63) is 71.8 Å². The molecule has 2 aromatic carbocycles. The van der Waals surface area contributed by atoms with Gasteiger partial charge in [-0.2, -0.15) is 0 Å². The molecule has 1 aliphatic heterocycles. The summed E-state index contributed by atoms with van der Waals surface area (Å²) in [5.41, 5.74) is 2.07. The van der Waals surface area contributed by atoms with Gasteiger partial charge in [-0.1, -0.05) is 60.7 Å². The second-order valence-electron chi connectivity index (χ2n) is 6.15. The second-order valence-corrected chi connectivity index (χ2v) is 6.15. The van der Waals surface area contributed by atoms with E-state index in [1.807, 2.05) is 60.7 Å². The molecule has 1 saturated heterocycles. The van der Waals surface area contributed by atoms with Crippen LogP contribution in [0.15, 0.2) is 60.7 Å². The molecule has 0 spiro atoms. The van der Waals surface area contributed by atoms with Crippen molar-refractivity contribution in [3.63, 3.8) is 0 Å². The van der Waals surface area contributed by atoms with Gasteiger partial charge in [-0.05, 0) is 11.1 Å². The normalized spacial score (nSPS) is 21.7. The van der Waals surface area contributed by atoms with E-state index in [9.17, 15) is 10.2 Å². The predicted octanol–water partition coefficient (Wildman–Crippen LogP) is 1.91. The van der Waals surface area contributed by atoms with E-state index in [-0.39, 0.29) is 25.4 Å². The van der Waals surface area contributed by atoms with Gasteiger partial charge in [0, 0.05) is 0 Å². The van der Waals surface area contributed by atoms with Crippen molar-refractivity contribution in [2.75, 3.05) is 13.2 Å². The van der Waals surface area contributed by atoms with E-state index in [0.29, 0.717) is 13.2 Å². The van der Waals surface area contributed by atoms with E-state index < -0.39 is 12.2 Å². The van der Waals surface area contributed by atoms with Gasteiger partial charge in [0.1, 0.15) is 24.4 Å². The Morgan fingerprint density at radius 2 is 1.52 bits per heavy atom. The van der Waals surface area contributed by atoms with Crippen LogP contribution in [0.5, 0.6) is 0 Å². The van der Waals surface area contributed by atoms with Crippen molar-refractivity contribution in [3.8, 4) is 0 Å². The summed E-state index contributed by atoms with van der Waals surface area (Å²) < 4.78 is 16.9. The minimum Gasteiger partial charge on any atom is -0.394 e. The van der Waals surface area contributed by atoms with Crippen LogP contribution in [-0.2, 0) is 27.4 Å². The molecule has 1 heterocycles. The van der Waals surface area contributed by atoms with Gasteiger partial charge in [-0.3, -0.25) is 0 Å². The van der Waals surface area contributed by atoms with Gasteiger partial charge in [-0.15, -0.1) is 0 Å². The van der Waals surface area contributed by atoms with Crippen LogP contribution in [-0.4, -0.2) is 47.8 Å². The molecule has 3 rings (SSSR count). The summed E-state index contributed by atoms with van der Waals surface area (Å²) in [4.78, 5) is 0. The van der Waals surface area contributed by atoms with Crippen molar-refractivity contribution < 1.29 is 24.4 Å². The lowest BCUT2D eigenvalue weighted by Crippen LogP contribution is -2.38. The maximum Gasteiger partial charge on any atom is 0.115 e. The molecule has 2 aromatic rings. The first kappa shape index (κ1) is 18.0. The maximum absolute atomic E-state index is 10.5. The number of aliphatic hydroxyl groups excluding tert-OH is 2. The molecule has 2 N–H and O–H groups in total. The zero-order chi connectivity index (χ0) is 17.5. The lowest BCUT2D eigenvalue weighted by molar-refractivity contribution is -0.0900. The average Bonchev–Trinajstić information content (AvgIpc) is 3.43. The first-order valence-corrected chi connectivity index (χ1v) is 8.49. The highest BCUT2D eigenvalue weighted by Crippen LogP contribution is 2.29. The third kappa shape index (κ3) is 5.36. The highest BCUT2D eigenvalue weighted by molar-refractivity contribution is 5.14. The van der Waals surface area contributed by atoms with E-state index in [4.69, 9.17) is 14.2 Å². The summed E-state index contributed by atoms with van der Waals surface area (Å²) in [6.45, 7) is 0.872. The fourth-order valence-corrected chi connectivity index (χ4v) is 2.75. The average molecular weight is 344 g/mol. The lowest BCUT2D eigenvalue weighted by Gasteiger charge is -2.22. The van der Waals surface area contributed by atoms with Crippen molar-refractivity contribution in [2.45, 2.75) is 37.6 Å². The van der Waals surface area contributed by atoms with Gasteiger partial charge < -0.3 is 24.4 Å². The van der Waals surface area contributed by atoms with Gasteiger partial charge in [0.05, 0.1) is 26.4 Å². The van der Waals surface area contributed by atoms with Crippen LogP contribution in [0.1, 0.15) is 11.1 Å². The van der Waals surface area contributed by atoms with Crippen LogP contribution < -0.4 is 0 Å². The number of ether oxygens (including phenoxy) is 3. The van der Waals surface area contributed by atoms with E-state index in [1.54, 1.807) is 0 Å². The molecule has 1 aliphatic rings. The SMILES string of the molecule is OC[C@@H]1O[C@@H]1[C@@H](OCc1ccccc1)[C@H](O)COCc1ccccc1. The largest absolute Gasteiger partial charge is 0.394 e. The Bertz CT molecular complexity index is 618. The molecule has 0 amide bonds. The van der Waals surface area contributed by atoms with Crippen LogP contribution in [0, 0.1) is 0 Å². The molecule has 0 aliphatic carbocycles. The standard InChI is InChI=1S/C20H24O5/c21-11-18-20(25-18)19(24-13-16-9-5-2-6-10-16)17(22)14-23-12-15-7-3-1-4-8-15/h1-10,17-22H,11-14H2/t17-,18+,19+,20+/m1/s1. The minimum atomic E-state index is -0.825. The Morgan fingerprint density at radius 1 is 0.920 bits per heavy atom. The summed E-state index contributed by atoms with van der Waals surface area (Å²) in [6, 6.07) is 19.6. The summed E-state index contributed by atoms with van der Waals surface area (Å²) in [6.07, 6.45) is -1.93. The minimum absolute atomic E-state index is 0.0759. The van der Waals surface area contributed by atoms with Crippen molar-refractivity contribution in [1.29, 1.82) is 0 Å². The predicted molar refractivity (Wildman–Crippen MR) is 92.9 cm³/mol. The maximum atomic E-state index is 10.5. The molecule has 5 heteroatoms. The summed E-state index contributed by atoms with van der Waals surface area (Å²) >= 11 is 0. The first-order valence-electron chi connectivity index (χ1n) is 8.49. The number of rotatable bonds is 10. The third-order valence-electron chi connectivity index (χ3n) is 4.19. The fraction of sp³-hybridized carbons (Fsp3) is 0.400. The molecule has 5 nitrogen and oxygen atoms in total. The third-order valence-corrected chi connectivity index (χ3v) is 4.19. The van der Waals surface area contributed by atoms with Gasteiger partial charge in [-0.25, -0.2) is 0 Å². The molecule has 1 fully saturated rings. The number of hydrogen-bond donors (Lipinski definition) is 2. The van der Waals surface area contributed by atoms with E-state index in [0.717, 1.165) is 11.1 Å². The van der Waals surface area contributed by atoms with Crippen molar-refractivity contribution >= 4 is 0 Å². The smallest absolute Gasteiger partial charge is 0.115 e. The molecule has 0 radical (unpaired) electrons. The van der Waals surface area contributed by atoms with Gasteiger partial charge in [0.2, 0.25) is 0 Å². The molecular formula is C20H24O5. The summed E-state index contributed by atoms with van der Waals surface area (Å²) in [5, 5.41) is 19.7. The highest BCUT2D eigenvalue weighted by atomic mass is 16.6. The molecule has 25 heavy (non-hydrogen) atoms. The lowest BCUT2D eigenvalue weighted by atomic mass is 10.1.